The summed E-state index contributed by atoms with van der Waals surface area (Å²) < 4.78 is 12.9. The molecule has 0 aliphatic carbocycles. The van der Waals surface area contributed by atoms with Crippen LogP contribution in [0.1, 0.15) is 0 Å². The Balaban J connectivity index is 1.54. The van der Waals surface area contributed by atoms with Crippen LogP contribution in [0.15, 0.2) is 48.7 Å². The number of benzene rings is 1. The summed E-state index contributed by atoms with van der Waals surface area (Å²) in [5, 5.41) is 3.84. The van der Waals surface area contributed by atoms with E-state index in [4.69, 9.17) is 12.2 Å². The first kappa shape index (κ1) is 14.7. The molecule has 0 spiro atoms. The van der Waals surface area contributed by atoms with E-state index in [2.05, 4.69) is 26.2 Å². The van der Waals surface area contributed by atoms with Crippen molar-refractivity contribution in [2.24, 2.45) is 0 Å². The normalized spacial score (nSPS) is 14.8. The predicted molar refractivity (Wildman–Crippen MR) is 89.4 cm³/mol. The Bertz CT molecular complexity index is 624. The smallest absolute Gasteiger partial charge is 0.274 e. The van der Waals surface area contributed by atoms with Crippen molar-refractivity contribution in [2.75, 3.05) is 36.4 Å². The SMILES string of the molecule is Fc1ccc(NC(=S)N2CCN(c3cccc[nH+]3)CC2)cc1. The molecule has 1 fully saturated rings. The first-order chi connectivity index (χ1) is 10.7. The van der Waals surface area contributed by atoms with Gasteiger partial charge in [0, 0.05) is 11.8 Å². The molecule has 1 aromatic carbocycles. The van der Waals surface area contributed by atoms with Gasteiger partial charge in [-0.3, -0.25) is 4.90 Å². The first-order valence-corrected chi connectivity index (χ1v) is 7.66. The van der Waals surface area contributed by atoms with E-state index in [1.54, 1.807) is 12.1 Å². The topological polar surface area (TPSA) is 32.6 Å². The summed E-state index contributed by atoms with van der Waals surface area (Å²) in [6, 6.07) is 12.3. The van der Waals surface area contributed by atoms with Crippen LogP contribution in [0.25, 0.3) is 0 Å². The number of anilines is 2. The lowest BCUT2D eigenvalue weighted by Crippen LogP contribution is -2.51. The highest BCUT2D eigenvalue weighted by Crippen LogP contribution is 2.13. The van der Waals surface area contributed by atoms with Crippen LogP contribution in [-0.4, -0.2) is 36.2 Å². The summed E-state index contributed by atoms with van der Waals surface area (Å²) in [6.07, 6.45) is 1.93. The van der Waals surface area contributed by atoms with Gasteiger partial charge >= 0.3 is 0 Å². The van der Waals surface area contributed by atoms with E-state index in [9.17, 15) is 4.39 Å². The van der Waals surface area contributed by atoms with E-state index in [1.807, 2.05) is 18.3 Å². The van der Waals surface area contributed by atoms with E-state index in [-0.39, 0.29) is 5.82 Å². The summed E-state index contributed by atoms with van der Waals surface area (Å²) in [6.45, 7) is 3.53. The molecule has 1 aliphatic heterocycles. The Hall–Kier alpha value is -2.21. The van der Waals surface area contributed by atoms with Gasteiger partial charge in [-0.2, -0.15) is 0 Å². The fourth-order valence-corrected chi connectivity index (χ4v) is 2.77. The minimum Gasteiger partial charge on any atom is -0.341 e. The summed E-state index contributed by atoms with van der Waals surface area (Å²) in [7, 11) is 0. The lowest BCUT2D eigenvalue weighted by Gasteiger charge is -2.32. The number of nitrogens with one attached hydrogen (secondary N) is 2. The van der Waals surface area contributed by atoms with Gasteiger partial charge in [-0.15, -0.1) is 0 Å². The highest BCUT2D eigenvalue weighted by Gasteiger charge is 2.24. The second-order valence-corrected chi connectivity index (χ2v) is 5.55. The Labute approximate surface area is 134 Å². The number of thiocarbonyl (C=S) groups is 1. The molecule has 1 aliphatic rings. The Morgan fingerprint density at radius 1 is 1.05 bits per heavy atom. The second kappa shape index (κ2) is 6.70. The molecule has 0 saturated carbocycles. The van der Waals surface area contributed by atoms with Gasteiger partial charge in [0.05, 0.1) is 19.3 Å². The summed E-state index contributed by atoms with van der Waals surface area (Å²) in [5.41, 5.74) is 0.810. The van der Waals surface area contributed by atoms with Crippen LogP contribution in [0.3, 0.4) is 0 Å². The third-order valence-electron chi connectivity index (χ3n) is 3.70. The Kier molecular flexibility index (Phi) is 4.48. The summed E-state index contributed by atoms with van der Waals surface area (Å²) in [5.74, 6) is 0.878. The van der Waals surface area contributed by atoms with Crippen molar-refractivity contribution in [3.63, 3.8) is 0 Å². The van der Waals surface area contributed by atoms with Gasteiger partial charge in [-0.25, -0.2) is 9.37 Å². The van der Waals surface area contributed by atoms with Gasteiger partial charge < -0.3 is 10.2 Å². The largest absolute Gasteiger partial charge is 0.341 e. The first-order valence-electron chi connectivity index (χ1n) is 7.25. The maximum atomic E-state index is 12.9. The second-order valence-electron chi connectivity index (χ2n) is 5.16. The predicted octanol–water partition coefficient (Wildman–Crippen LogP) is 2.16. The zero-order valence-electron chi connectivity index (χ0n) is 12.1. The van der Waals surface area contributed by atoms with Crippen molar-refractivity contribution in [3.05, 3.63) is 54.5 Å². The van der Waals surface area contributed by atoms with Gasteiger partial charge in [-0.1, -0.05) is 6.07 Å². The van der Waals surface area contributed by atoms with Gasteiger partial charge in [-0.05, 0) is 42.5 Å². The van der Waals surface area contributed by atoms with Crippen molar-refractivity contribution in [1.82, 2.24) is 4.90 Å². The molecule has 0 radical (unpaired) electrons. The monoisotopic (exact) mass is 317 g/mol. The maximum absolute atomic E-state index is 12.9. The van der Waals surface area contributed by atoms with Gasteiger partial charge in [0.1, 0.15) is 18.9 Å². The van der Waals surface area contributed by atoms with E-state index in [0.717, 1.165) is 37.7 Å². The molecule has 0 amide bonds. The highest BCUT2D eigenvalue weighted by molar-refractivity contribution is 7.80. The summed E-state index contributed by atoms with van der Waals surface area (Å²) >= 11 is 5.44. The molecular weight excluding hydrogens is 299 g/mol. The molecule has 114 valence electrons. The minimum atomic E-state index is -0.246. The number of pyridine rings is 1. The molecule has 0 bridgehead atoms. The molecular formula is C16H18FN4S+. The van der Waals surface area contributed by atoms with Crippen LogP contribution < -0.4 is 15.2 Å². The van der Waals surface area contributed by atoms with Crippen LogP contribution in [0.4, 0.5) is 15.9 Å². The fourth-order valence-electron chi connectivity index (χ4n) is 2.47. The van der Waals surface area contributed by atoms with Crippen LogP contribution in [0, 0.1) is 5.82 Å². The van der Waals surface area contributed by atoms with E-state index < -0.39 is 0 Å². The van der Waals surface area contributed by atoms with E-state index in [0.29, 0.717) is 5.11 Å². The number of hydrogen-bond acceptors (Lipinski definition) is 2. The van der Waals surface area contributed by atoms with Crippen LogP contribution >= 0.6 is 12.2 Å². The molecule has 1 saturated heterocycles. The Morgan fingerprint density at radius 3 is 2.41 bits per heavy atom. The number of hydrogen-bond donors (Lipinski definition) is 1. The third-order valence-corrected chi connectivity index (χ3v) is 4.06. The number of H-pyrrole nitrogens is 1. The standard InChI is InChI=1S/C16H17FN4S/c17-13-4-6-14(7-5-13)19-16(22)21-11-9-20(10-12-21)15-3-1-2-8-18-15/h1-8H,9-12H2,(H,19,22)/p+1. The molecule has 2 N–H and O–H groups in total. The van der Waals surface area contributed by atoms with Gasteiger partial charge in [0.25, 0.3) is 5.82 Å². The zero-order chi connectivity index (χ0) is 15.4. The molecule has 3 rings (SSSR count). The third kappa shape index (κ3) is 3.51. The highest BCUT2D eigenvalue weighted by atomic mass is 32.1. The van der Waals surface area contributed by atoms with Crippen molar-refractivity contribution < 1.29 is 9.37 Å². The molecule has 2 aromatic rings. The van der Waals surface area contributed by atoms with Crippen LogP contribution in [0.5, 0.6) is 0 Å². The van der Waals surface area contributed by atoms with Crippen molar-refractivity contribution >= 4 is 28.8 Å². The number of rotatable bonds is 2. The minimum absolute atomic E-state index is 0.246. The van der Waals surface area contributed by atoms with Gasteiger partial charge in [0.15, 0.2) is 5.11 Å². The quantitative estimate of drug-likeness (QED) is 0.861. The Morgan fingerprint density at radius 2 is 1.77 bits per heavy atom. The lowest BCUT2D eigenvalue weighted by atomic mass is 10.3. The van der Waals surface area contributed by atoms with Crippen LogP contribution in [-0.2, 0) is 0 Å². The van der Waals surface area contributed by atoms with Gasteiger partial charge in [0.2, 0.25) is 0 Å². The molecule has 4 nitrogen and oxygen atoms in total. The molecule has 2 heterocycles. The van der Waals surface area contributed by atoms with E-state index in [1.165, 1.54) is 12.1 Å². The zero-order valence-corrected chi connectivity index (χ0v) is 12.9. The number of piperazine rings is 1. The van der Waals surface area contributed by atoms with E-state index >= 15 is 0 Å². The summed E-state index contributed by atoms with van der Waals surface area (Å²) in [4.78, 5) is 7.69. The van der Waals surface area contributed by atoms with Crippen molar-refractivity contribution in [1.29, 1.82) is 0 Å². The number of aromatic nitrogens is 1. The number of aromatic amines is 1. The molecule has 22 heavy (non-hydrogen) atoms. The number of halogens is 1. The average Bonchev–Trinajstić information content (AvgIpc) is 2.58. The lowest BCUT2D eigenvalue weighted by molar-refractivity contribution is -0.364. The molecule has 0 atom stereocenters. The number of nitrogens with zero attached hydrogens (tertiary/aromatic N) is 2. The average molecular weight is 317 g/mol. The molecule has 0 unspecified atom stereocenters. The van der Waals surface area contributed by atoms with Crippen LogP contribution in [0.2, 0.25) is 0 Å². The molecule has 6 heteroatoms. The maximum Gasteiger partial charge on any atom is 0.274 e. The van der Waals surface area contributed by atoms with Crippen molar-refractivity contribution in [2.45, 2.75) is 0 Å². The fraction of sp³-hybridized carbons (Fsp3) is 0.250. The van der Waals surface area contributed by atoms with Crippen molar-refractivity contribution in [3.8, 4) is 0 Å². The molecule has 1 aromatic heterocycles.